The first-order valence-corrected chi connectivity index (χ1v) is 6.45. The molecule has 98 valence electrons. The Hall–Kier alpha value is -2.22. The Bertz CT molecular complexity index is 553. The molecule has 0 saturated carbocycles. The minimum atomic E-state index is 0.422. The highest BCUT2D eigenvalue weighted by Crippen LogP contribution is 2.28. The molecule has 0 bridgehead atoms. The van der Waals surface area contributed by atoms with Gasteiger partial charge in [0.1, 0.15) is 0 Å². The number of nitrogen functional groups attached to an aromatic ring is 2. The van der Waals surface area contributed by atoms with Gasteiger partial charge in [-0.25, -0.2) is 0 Å². The molecular formula is C17H20N2. The molecule has 0 aromatic heterocycles. The van der Waals surface area contributed by atoms with E-state index in [2.05, 4.69) is 25.6 Å². The minimum absolute atomic E-state index is 0.422. The summed E-state index contributed by atoms with van der Waals surface area (Å²) in [4.78, 5) is 0. The standard InChI is InChI=1S/C17H20N2/c1-12(14-3-7-16(18)8-4-14)11-13(2)15-5-9-17(19)10-6-15/h3-10,13H,1,11,18-19H2,2H3. The van der Waals surface area contributed by atoms with Crippen molar-refractivity contribution < 1.29 is 0 Å². The van der Waals surface area contributed by atoms with Crippen LogP contribution in [0.2, 0.25) is 0 Å². The SMILES string of the molecule is C=C(CC(C)c1ccc(N)cc1)c1ccc(N)cc1. The van der Waals surface area contributed by atoms with Crippen LogP contribution in [0.15, 0.2) is 55.1 Å². The lowest BCUT2D eigenvalue weighted by Crippen LogP contribution is -1.96. The molecule has 2 rings (SSSR count). The van der Waals surface area contributed by atoms with Crippen molar-refractivity contribution in [3.63, 3.8) is 0 Å². The first-order valence-electron chi connectivity index (χ1n) is 6.45. The lowest BCUT2D eigenvalue weighted by atomic mass is 9.91. The van der Waals surface area contributed by atoms with Gasteiger partial charge >= 0.3 is 0 Å². The molecule has 2 aromatic rings. The zero-order valence-electron chi connectivity index (χ0n) is 11.3. The summed E-state index contributed by atoms with van der Waals surface area (Å²) in [6.07, 6.45) is 0.924. The lowest BCUT2D eigenvalue weighted by Gasteiger charge is -2.14. The summed E-state index contributed by atoms with van der Waals surface area (Å²) in [5.74, 6) is 0.422. The topological polar surface area (TPSA) is 52.0 Å². The van der Waals surface area contributed by atoms with E-state index in [0.717, 1.165) is 28.9 Å². The third-order valence-corrected chi connectivity index (χ3v) is 3.38. The monoisotopic (exact) mass is 252 g/mol. The maximum absolute atomic E-state index is 5.70. The molecule has 1 unspecified atom stereocenters. The Morgan fingerprint density at radius 1 is 0.947 bits per heavy atom. The molecule has 0 spiro atoms. The highest BCUT2D eigenvalue weighted by atomic mass is 14.5. The van der Waals surface area contributed by atoms with Crippen LogP contribution in [0.5, 0.6) is 0 Å². The molecule has 1 atom stereocenters. The number of allylic oxidation sites excluding steroid dienone is 1. The van der Waals surface area contributed by atoms with Crippen LogP contribution >= 0.6 is 0 Å². The summed E-state index contributed by atoms with van der Waals surface area (Å²) >= 11 is 0. The molecule has 19 heavy (non-hydrogen) atoms. The molecule has 2 nitrogen and oxygen atoms in total. The fourth-order valence-electron chi connectivity index (χ4n) is 2.15. The van der Waals surface area contributed by atoms with Gasteiger partial charge in [-0.1, -0.05) is 37.8 Å². The third kappa shape index (κ3) is 3.38. The van der Waals surface area contributed by atoms with Crippen molar-refractivity contribution in [2.45, 2.75) is 19.3 Å². The molecule has 0 saturated heterocycles. The Kier molecular flexibility index (Phi) is 3.91. The van der Waals surface area contributed by atoms with Crippen LogP contribution < -0.4 is 11.5 Å². The van der Waals surface area contributed by atoms with Gasteiger partial charge in [0.25, 0.3) is 0 Å². The van der Waals surface area contributed by atoms with E-state index in [-0.39, 0.29) is 0 Å². The Morgan fingerprint density at radius 3 is 1.95 bits per heavy atom. The van der Waals surface area contributed by atoms with Crippen LogP contribution in [0, 0.1) is 0 Å². The van der Waals surface area contributed by atoms with Crippen molar-refractivity contribution >= 4 is 16.9 Å². The summed E-state index contributed by atoms with van der Waals surface area (Å²) in [5.41, 5.74) is 16.5. The summed E-state index contributed by atoms with van der Waals surface area (Å²) in [7, 11) is 0. The lowest BCUT2D eigenvalue weighted by molar-refractivity contribution is 0.793. The first-order chi connectivity index (χ1) is 9.06. The van der Waals surface area contributed by atoms with E-state index in [1.165, 1.54) is 5.56 Å². The largest absolute Gasteiger partial charge is 0.399 e. The van der Waals surface area contributed by atoms with Crippen LogP contribution in [0.3, 0.4) is 0 Å². The average Bonchev–Trinajstić information content (AvgIpc) is 2.40. The zero-order valence-corrected chi connectivity index (χ0v) is 11.3. The van der Waals surface area contributed by atoms with Gasteiger partial charge in [-0.15, -0.1) is 0 Å². The average molecular weight is 252 g/mol. The molecule has 0 radical (unpaired) electrons. The van der Waals surface area contributed by atoms with E-state index in [0.29, 0.717) is 5.92 Å². The van der Waals surface area contributed by atoms with Gasteiger partial charge in [-0.3, -0.25) is 0 Å². The van der Waals surface area contributed by atoms with Crippen LogP contribution in [0.25, 0.3) is 5.57 Å². The highest BCUT2D eigenvalue weighted by Gasteiger charge is 2.08. The summed E-state index contributed by atoms with van der Waals surface area (Å²) in [5, 5.41) is 0. The second kappa shape index (κ2) is 5.61. The molecule has 0 amide bonds. The molecule has 4 N–H and O–H groups in total. The molecule has 0 fully saturated rings. The summed E-state index contributed by atoms with van der Waals surface area (Å²) < 4.78 is 0. The quantitative estimate of drug-likeness (QED) is 0.806. The number of hydrogen-bond acceptors (Lipinski definition) is 2. The predicted molar refractivity (Wildman–Crippen MR) is 83.8 cm³/mol. The Labute approximate surface area is 114 Å². The Balaban J connectivity index is 2.06. The van der Waals surface area contributed by atoms with Crippen LogP contribution in [-0.2, 0) is 0 Å². The van der Waals surface area contributed by atoms with Crippen molar-refractivity contribution in [1.82, 2.24) is 0 Å². The summed E-state index contributed by atoms with van der Waals surface area (Å²) in [6, 6.07) is 15.9. The number of nitrogens with two attached hydrogens (primary N) is 2. The van der Waals surface area contributed by atoms with E-state index in [9.17, 15) is 0 Å². The van der Waals surface area contributed by atoms with Gasteiger partial charge in [0.15, 0.2) is 0 Å². The number of hydrogen-bond donors (Lipinski definition) is 2. The van der Waals surface area contributed by atoms with Crippen molar-refractivity contribution in [2.75, 3.05) is 11.5 Å². The van der Waals surface area contributed by atoms with Gasteiger partial charge in [0.05, 0.1) is 0 Å². The van der Waals surface area contributed by atoms with Gasteiger partial charge in [-0.05, 0) is 53.3 Å². The number of rotatable bonds is 4. The maximum Gasteiger partial charge on any atom is 0.0314 e. The van der Waals surface area contributed by atoms with Gasteiger partial charge in [-0.2, -0.15) is 0 Å². The van der Waals surface area contributed by atoms with Crippen molar-refractivity contribution in [3.05, 3.63) is 66.2 Å². The molecule has 0 aliphatic carbocycles. The number of anilines is 2. The minimum Gasteiger partial charge on any atom is -0.399 e. The van der Waals surface area contributed by atoms with E-state index in [4.69, 9.17) is 11.5 Å². The van der Waals surface area contributed by atoms with E-state index in [1.54, 1.807) is 0 Å². The maximum atomic E-state index is 5.70. The van der Waals surface area contributed by atoms with Crippen molar-refractivity contribution in [2.24, 2.45) is 0 Å². The zero-order chi connectivity index (χ0) is 13.8. The van der Waals surface area contributed by atoms with E-state index < -0.39 is 0 Å². The molecule has 2 heteroatoms. The first kappa shape index (κ1) is 13.2. The van der Waals surface area contributed by atoms with E-state index in [1.807, 2.05) is 36.4 Å². The van der Waals surface area contributed by atoms with Crippen molar-refractivity contribution in [3.8, 4) is 0 Å². The Morgan fingerprint density at radius 2 is 1.42 bits per heavy atom. The second-order valence-corrected chi connectivity index (χ2v) is 5.00. The van der Waals surface area contributed by atoms with Crippen LogP contribution in [0.4, 0.5) is 11.4 Å². The molecule has 0 aliphatic rings. The predicted octanol–water partition coefficient (Wildman–Crippen LogP) is 4.06. The third-order valence-electron chi connectivity index (χ3n) is 3.38. The molecule has 0 aliphatic heterocycles. The normalized spacial score (nSPS) is 12.1. The van der Waals surface area contributed by atoms with Crippen LogP contribution in [0.1, 0.15) is 30.4 Å². The van der Waals surface area contributed by atoms with E-state index >= 15 is 0 Å². The van der Waals surface area contributed by atoms with Gasteiger partial charge in [0, 0.05) is 11.4 Å². The smallest absolute Gasteiger partial charge is 0.0314 e. The second-order valence-electron chi connectivity index (χ2n) is 5.00. The highest BCUT2D eigenvalue weighted by molar-refractivity contribution is 5.65. The van der Waals surface area contributed by atoms with Crippen LogP contribution in [-0.4, -0.2) is 0 Å². The molecular weight excluding hydrogens is 232 g/mol. The number of benzene rings is 2. The van der Waals surface area contributed by atoms with Crippen molar-refractivity contribution in [1.29, 1.82) is 0 Å². The molecule has 2 aromatic carbocycles. The van der Waals surface area contributed by atoms with Gasteiger partial charge in [0.2, 0.25) is 0 Å². The molecule has 0 heterocycles. The fraction of sp³-hybridized carbons (Fsp3) is 0.176. The fourth-order valence-corrected chi connectivity index (χ4v) is 2.15. The summed E-state index contributed by atoms with van der Waals surface area (Å²) in [6.45, 7) is 6.37. The van der Waals surface area contributed by atoms with Gasteiger partial charge < -0.3 is 11.5 Å².